The summed E-state index contributed by atoms with van der Waals surface area (Å²) in [4.78, 5) is 32.0. The van der Waals surface area contributed by atoms with Crippen LogP contribution in [0.3, 0.4) is 0 Å². The minimum atomic E-state index is -0.590. The summed E-state index contributed by atoms with van der Waals surface area (Å²) in [5.74, 6) is 0.288. The van der Waals surface area contributed by atoms with Crippen LogP contribution in [-0.4, -0.2) is 29.3 Å². The molecule has 2 aromatic carbocycles. The van der Waals surface area contributed by atoms with Crippen molar-refractivity contribution in [2.75, 3.05) is 11.4 Å². The van der Waals surface area contributed by atoms with E-state index in [4.69, 9.17) is 4.74 Å². The van der Waals surface area contributed by atoms with Crippen LogP contribution in [0.5, 0.6) is 5.75 Å². The Bertz CT molecular complexity index is 1080. The fraction of sp³-hybridized carbons (Fsp3) is 0.227. The summed E-state index contributed by atoms with van der Waals surface area (Å²) in [6.07, 6.45) is -0.0542. The molecule has 5 nitrogen and oxygen atoms in total. The normalized spacial score (nSPS) is 15.8. The second-order valence-corrected chi connectivity index (χ2v) is 8.78. The molecule has 0 saturated carbocycles. The monoisotopic (exact) mass is 470 g/mol. The van der Waals surface area contributed by atoms with Crippen molar-refractivity contribution in [2.24, 2.45) is 0 Å². The molecule has 7 heteroatoms. The van der Waals surface area contributed by atoms with Crippen LogP contribution in [0.2, 0.25) is 0 Å². The van der Waals surface area contributed by atoms with Gasteiger partial charge in [0.1, 0.15) is 5.75 Å². The first-order valence-electron chi connectivity index (χ1n) is 9.29. The number of carbonyl (C=O) groups excluding carboxylic acids is 2. The highest BCUT2D eigenvalue weighted by Crippen LogP contribution is 2.38. The molecule has 3 aromatic rings. The second kappa shape index (κ2) is 8.08. The Morgan fingerprint density at radius 1 is 1.24 bits per heavy atom. The number of nitrogens with zero attached hydrogens (tertiary/aromatic N) is 2. The first kappa shape index (κ1) is 19.8. The Morgan fingerprint density at radius 3 is 2.66 bits per heavy atom. The van der Waals surface area contributed by atoms with E-state index in [0.29, 0.717) is 23.4 Å². The van der Waals surface area contributed by atoms with Crippen LogP contribution in [0.15, 0.2) is 52.3 Å². The van der Waals surface area contributed by atoms with Gasteiger partial charge in [-0.1, -0.05) is 35.0 Å². The molecule has 1 amide bonds. The van der Waals surface area contributed by atoms with Gasteiger partial charge in [0.25, 0.3) is 5.91 Å². The summed E-state index contributed by atoms with van der Waals surface area (Å²) in [6, 6.07) is 12.8. The van der Waals surface area contributed by atoms with Gasteiger partial charge in [-0.25, -0.2) is 4.98 Å². The van der Waals surface area contributed by atoms with E-state index in [0.717, 1.165) is 20.7 Å². The highest BCUT2D eigenvalue weighted by molar-refractivity contribution is 9.10. The molecule has 1 unspecified atom stereocenters. The van der Waals surface area contributed by atoms with Crippen LogP contribution < -0.4 is 9.64 Å². The summed E-state index contributed by atoms with van der Waals surface area (Å²) >= 11 is 4.95. The number of carbonyl (C=O) groups is 2. The number of amides is 1. The molecule has 1 aliphatic rings. The number of halogens is 1. The molecule has 4 rings (SSSR count). The smallest absolute Gasteiger partial charge is 0.268 e. The van der Waals surface area contributed by atoms with Crippen LogP contribution in [-0.2, 0) is 4.79 Å². The number of aryl methyl sites for hydroxylation is 1. The molecule has 0 spiro atoms. The van der Waals surface area contributed by atoms with Crippen LogP contribution in [0.25, 0.3) is 11.3 Å². The summed E-state index contributed by atoms with van der Waals surface area (Å²) in [5, 5.41) is 2.95. The molecule has 0 radical (unpaired) electrons. The van der Waals surface area contributed by atoms with E-state index in [9.17, 15) is 9.59 Å². The van der Waals surface area contributed by atoms with Gasteiger partial charge in [0.2, 0.25) is 0 Å². The van der Waals surface area contributed by atoms with E-state index in [-0.39, 0.29) is 18.2 Å². The van der Waals surface area contributed by atoms with Crippen molar-refractivity contribution in [2.45, 2.75) is 26.4 Å². The van der Waals surface area contributed by atoms with Crippen molar-refractivity contribution in [1.29, 1.82) is 0 Å². The number of Topliss-reactive ketones (excluding diaryl/α,β-unsaturated/α-hetero) is 1. The predicted molar refractivity (Wildman–Crippen MR) is 118 cm³/mol. The Kier molecular flexibility index (Phi) is 5.52. The molecule has 1 aliphatic heterocycles. The number of benzene rings is 2. The maximum atomic E-state index is 13.0. The van der Waals surface area contributed by atoms with Crippen molar-refractivity contribution in [3.8, 4) is 17.0 Å². The van der Waals surface area contributed by atoms with E-state index in [2.05, 4.69) is 20.9 Å². The van der Waals surface area contributed by atoms with E-state index in [1.807, 2.05) is 49.6 Å². The third kappa shape index (κ3) is 3.97. The lowest BCUT2D eigenvalue weighted by Crippen LogP contribution is -2.47. The lowest BCUT2D eigenvalue weighted by molar-refractivity contribution is -0.126. The lowest BCUT2D eigenvalue weighted by atomic mass is 10.1. The molecule has 148 valence electrons. The second-order valence-electron chi connectivity index (χ2n) is 6.80. The van der Waals surface area contributed by atoms with Crippen molar-refractivity contribution in [3.05, 3.63) is 62.9 Å². The highest BCUT2D eigenvalue weighted by Gasteiger charge is 2.34. The van der Waals surface area contributed by atoms with Crippen molar-refractivity contribution < 1.29 is 14.3 Å². The summed E-state index contributed by atoms with van der Waals surface area (Å²) in [5.41, 5.74) is 2.90. The quantitative estimate of drug-likeness (QED) is 0.476. The summed E-state index contributed by atoms with van der Waals surface area (Å²) in [7, 11) is 0. The molecule has 2 heterocycles. The maximum absolute atomic E-state index is 13.0. The third-order valence-electron chi connectivity index (χ3n) is 4.81. The molecule has 0 N–H and O–H groups in total. The Hall–Kier alpha value is -2.51. The number of hydrogen-bond donors (Lipinski definition) is 0. The molecular weight excluding hydrogens is 452 g/mol. The highest BCUT2D eigenvalue weighted by atomic mass is 79.9. The molecule has 1 atom stereocenters. The number of aromatic nitrogens is 1. The number of thiazole rings is 1. The first-order chi connectivity index (χ1) is 14.0. The van der Waals surface area contributed by atoms with Gasteiger partial charge in [0.05, 0.1) is 22.9 Å². The van der Waals surface area contributed by atoms with E-state index < -0.39 is 6.10 Å². The van der Waals surface area contributed by atoms with Gasteiger partial charge in [-0.15, -0.1) is 11.3 Å². The largest absolute Gasteiger partial charge is 0.478 e. The number of ether oxygens (including phenoxy) is 1. The number of fused-ring (bicyclic) bond motifs is 1. The van der Waals surface area contributed by atoms with E-state index in [1.165, 1.54) is 0 Å². The Balaban J connectivity index is 1.71. The van der Waals surface area contributed by atoms with Crippen molar-refractivity contribution >= 4 is 44.6 Å². The Morgan fingerprint density at radius 2 is 2.00 bits per heavy atom. The van der Waals surface area contributed by atoms with Crippen molar-refractivity contribution in [3.63, 3.8) is 0 Å². The number of hydrogen-bond acceptors (Lipinski definition) is 5. The average molecular weight is 471 g/mol. The SMILES string of the molecule is CCC1Oc2ccc(-c3csc(C)n3)cc2N(CC(=O)c2ccc(Br)cc2)C1=O. The minimum Gasteiger partial charge on any atom is -0.478 e. The van der Waals surface area contributed by atoms with Gasteiger partial charge in [0, 0.05) is 21.0 Å². The fourth-order valence-electron chi connectivity index (χ4n) is 3.27. The zero-order valence-corrected chi connectivity index (χ0v) is 18.4. The third-order valence-corrected chi connectivity index (χ3v) is 6.12. The summed E-state index contributed by atoms with van der Waals surface area (Å²) in [6.45, 7) is 3.82. The van der Waals surface area contributed by atoms with Gasteiger partial charge in [-0.2, -0.15) is 0 Å². The Labute approximate surface area is 181 Å². The van der Waals surface area contributed by atoms with Crippen LogP contribution in [0, 0.1) is 6.92 Å². The van der Waals surface area contributed by atoms with Crippen molar-refractivity contribution in [1.82, 2.24) is 4.98 Å². The van der Waals surface area contributed by atoms with Gasteiger partial charge in [-0.3, -0.25) is 14.5 Å². The van der Waals surface area contributed by atoms with Crippen LogP contribution in [0.4, 0.5) is 5.69 Å². The molecule has 0 saturated heterocycles. The molecule has 1 aromatic heterocycles. The molecule has 0 fully saturated rings. The van der Waals surface area contributed by atoms with Gasteiger partial charge >= 0.3 is 0 Å². The van der Waals surface area contributed by atoms with Gasteiger partial charge in [-0.05, 0) is 43.7 Å². The lowest BCUT2D eigenvalue weighted by Gasteiger charge is -2.34. The van der Waals surface area contributed by atoms with E-state index in [1.54, 1.807) is 28.4 Å². The first-order valence-corrected chi connectivity index (χ1v) is 11.0. The van der Waals surface area contributed by atoms with Crippen LogP contribution in [0.1, 0.15) is 28.7 Å². The predicted octanol–water partition coefficient (Wildman–Crippen LogP) is 5.27. The topological polar surface area (TPSA) is 59.5 Å². The maximum Gasteiger partial charge on any atom is 0.268 e. The zero-order chi connectivity index (χ0) is 20.5. The molecule has 29 heavy (non-hydrogen) atoms. The van der Waals surface area contributed by atoms with E-state index >= 15 is 0 Å². The molecular formula is C22H19BrN2O3S. The van der Waals surface area contributed by atoms with Gasteiger partial charge < -0.3 is 4.74 Å². The molecule has 0 aliphatic carbocycles. The number of anilines is 1. The average Bonchev–Trinajstić information content (AvgIpc) is 3.16. The van der Waals surface area contributed by atoms with Gasteiger partial charge in [0.15, 0.2) is 11.9 Å². The fourth-order valence-corrected chi connectivity index (χ4v) is 4.16. The summed E-state index contributed by atoms with van der Waals surface area (Å²) < 4.78 is 6.80. The number of rotatable bonds is 5. The zero-order valence-electron chi connectivity index (χ0n) is 16.0. The van der Waals surface area contributed by atoms with Crippen LogP contribution >= 0.6 is 27.3 Å². The number of ketones is 1. The molecule has 0 bridgehead atoms. The minimum absolute atomic E-state index is 0.0348. The standard InChI is InChI=1S/C22H19BrN2O3S/c1-3-20-22(27)25(11-19(26)14-4-7-16(23)8-5-14)18-10-15(6-9-21(18)28-20)17-12-29-13(2)24-17/h4-10,12,20H,3,11H2,1-2H3.